The largest absolute Gasteiger partial charge is 0.345 e. The second kappa shape index (κ2) is 3.45. The SMILES string of the molecule is COCOn1cc[n+]2ccccc12. The second-order valence-electron chi connectivity index (χ2n) is 2.63. The highest BCUT2D eigenvalue weighted by atomic mass is 16.8. The highest BCUT2D eigenvalue weighted by Crippen LogP contribution is 1.94. The molecule has 0 aliphatic carbocycles. The molecule has 0 aliphatic heterocycles. The van der Waals surface area contributed by atoms with Crippen LogP contribution < -0.4 is 9.24 Å². The molecule has 4 nitrogen and oxygen atoms in total. The lowest BCUT2D eigenvalue weighted by Gasteiger charge is -1.97. The van der Waals surface area contributed by atoms with E-state index in [1.165, 1.54) is 0 Å². The van der Waals surface area contributed by atoms with Crippen molar-refractivity contribution in [1.29, 1.82) is 0 Å². The highest BCUT2D eigenvalue weighted by Gasteiger charge is 2.08. The molecule has 68 valence electrons. The van der Waals surface area contributed by atoms with Gasteiger partial charge in [-0.2, -0.15) is 4.40 Å². The van der Waals surface area contributed by atoms with Gasteiger partial charge in [-0.05, 0) is 10.8 Å². The van der Waals surface area contributed by atoms with E-state index in [-0.39, 0.29) is 6.79 Å². The predicted octanol–water partition coefficient (Wildman–Crippen LogP) is 0.259. The Hall–Kier alpha value is -1.55. The summed E-state index contributed by atoms with van der Waals surface area (Å²) in [5.41, 5.74) is 0.972. The Morgan fingerprint density at radius 3 is 3.15 bits per heavy atom. The summed E-state index contributed by atoms with van der Waals surface area (Å²) in [5.74, 6) is 0. The minimum Gasteiger partial charge on any atom is -0.345 e. The van der Waals surface area contributed by atoms with Gasteiger partial charge in [-0.15, -0.1) is 0 Å². The van der Waals surface area contributed by atoms with Crippen molar-refractivity contribution < 1.29 is 14.0 Å². The van der Waals surface area contributed by atoms with Crippen LogP contribution in [0.25, 0.3) is 5.65 Å². The van der Waals surface area contributed by atoms with Crippen molar-refractivity contribution in [3.8, 4) is 0 Å². The summed E-state index contributed by atoms with van der Waals surface area (Å²) in [4.78, 5) is 5.28. The Balaban J connectivity index is 2.35. The molecule has 0 saturated heterocycles. The Labute approximate surface area is 75.9 Å². The highest BCUT2D eigenvalue weighted by molar-refractivity contribution is 5.28. The predicted molar refractivity (Wildman–Crippen MR) is 46.0 cm³/mol. The molecule has 4 heteroatoms. The molecule has 0 fully saturated rings. The molecule has 2 aromatic heterocycles. The van der Waals surface area contributed by atoms with Gasteiger partial charge in [0.2, 0.25) is 6.79 Å². The number of hydrogen-bond donors (Lipinski definition) is 0. The molecular weight excluding hydrogens is 168 g/mol. The molecule has 0 N–H and O–H groups in total. The van der Waals surface area contributed by atoms with E-state index in [1.54, 1.807) is 11.8 Å². The van der Waals surface area contributed by atoms with Crippen LogP contribution in [0, 0.1) is 0 Å². The van der Waals surface area contributed by atoms with Crippen molar-refractivity contribution in [3.63, 3.8) is 0 Å². The van der Waals surface area contributed by atoms with Crippen molar-refractivity contribution in [2.75, 3.05) is 13.9 Å². The number of fused-ring (bicyclic) bond motifs is 1. The van der Waals surface area contributed by atoms with Gasteiger partial charge in [0.1, 0.15) is 6.20 Å². The van der Waals surface area contributed by atoms with E-state index in [0.717, 1.165) is 5.65 Å². The van der Waals surface area contributed by atoms with Crippen LogP contribution in [0.2, 0.25) is 0 Å². The number of aromatic nitrogens is 2. The molecule has 0 bridgehead atoms. The van der Waals surface area contributed by atoms with Crippen molar-refractivity contribution in [2.45, 2.75) is 0 Å². The zero-order valence-corrected chi connectivity index (χ0v) is 7.38. The number of methoxy groups -OCH3 is 1. The van der Waals surface area contributed by atoms with E-state index < -0.39 is 0 Å². The smallest absolute Gasteiger partial charge is 0.325 e. The third-order valence-corrected chi connectivity index (χ3v) is 1.77. The van der Waals surface area contributed by atoms with Gasteiger partial charge in [-0.25, -0.2) is 0 Å². The van der Waals surface area contributed by atoms with Crippen molar-refractivity contribution >= 4 is 5.65 Å². The monoisotopic (exact) mass is 179 g/mol. The van der Waals surface area contributed by atoms with Crippen LogP contribution >= 0.6 is 0 Å². The maximum absolute atomic E-state index is 5.28. The summed E-state index contributed by atoms with van der Waals surface area (Å²) in [7, 11) is 1.60. The Morgan fingerprint density at radius 1 is 1.38 bits per heavy atom. The van der Waals surface area contributed by atoms with E-state index >= 15 is 0 Å². The summed E-state index contributed by atoms with van der Waals surface area (Å²) in [6.07, 6.45) is 5.72. The summed E-state index contributed by atoms with van der Waals surface area (Å²) < 4.78 is 8.45. The van der Waals surface area contributed by atoms with Gasteiger partial charge in [0.15, 0.2) is 6.20 Å². The number of rotatable bonds is 3. The number of pyridine rings is 1. The minimum atomic E-state index is 0.249. The number of hydrogen-bond acceptors (Lipinski definition) is 2. The van der Waals surface area contributed by atoms with Gasteiger partial charge in [-0.1, -0.05) is 6.07 Å². The zero-order valence-electron chi connectivity index (χ0n) is 7.38. The average molecular weight is 179 g/mol. The van der Waals surface area contributed by atoms with Gasteiger partial charge in [0.05, 0.1) is 6.20 Å². The van der Waals surface area contributed by atoms with Crippen molar-refractivity contribution in [1.82, 2.24) is 4.73 Å². The average Bonchev–Trinajstić information content (AvgIpc) is 2.58. The maximum Gasteiger partial charge on any atom is 0.325 e. The van der Waals surface area contributed by atoms with Crippen LogP contribution in [-0.2, 0) is 4.74 Å². The molecule has 0 saturated carbocycles. The molecule has 0 amide bonds. The maximum atomic E-state index is 5.28. The standard InChI is InChI=1S/C9H11N2O2/c1-12-8-13-11-7-6-10-5-3-2-4-9(10)11/h2-7H,8H2,1H3/q+1. The van der Waals surface area contributed by atoms with Crippen molar-refractivity contribution in [3.05, 3.63) is 36.8 Å². The van der Waals surface area contributed by atoms with Gasteiger partial charge >= 0.3 is 5.65 Å². The number of imidazole rings is 1. The van der Waals surface area contributed by atoms with Gasteiger partial charge in [-0.3, -0.25) is 0 Å². The van der Waals surface area contributed by atoms with E-state index in [0.29, 0.717) is 0 Å². The van der Waals surface area contributed by atoms with Gasteiger partial charge in [0, 0.05) is 13.2 Å². The quantitative estimate of drug-likeness (QED) is 0.499. The van der Waals surface area contributed by atoms with Crippen LogP contribution in [0.3, 0.4) is 0 Å². The van der Waals surface area contributed by atoms with E-state index in [1.807, 2.05) is 41.2 Å². The lowest BCUT2D eigenvalue weighted by molar-refractivity contribution is -0.511. The van der Waals surface area contributed by atoms with Gasteiger partial charge in [0.25, 0.3) is 0 Å². The summed E-state index contributed by atoms with van der Waals surface area (Å²) in [6, 6.07) is 5.89. The van der Waals surface area contributed by atoms with Crippen LogP contribution in [0.5, 0.6) is 0 Å². The van der Waals surface area contributed by atoms with Crippen LogP contribution in [0.15, 0.2) is 36.8 Å². The molecule has 2 rings (SSSR count). The van der Waals surface area contributed by atoms with Crippen LogP contribution in [-0.4, -0.2) is 18.6 Å². The first-order valence-electron chi connectivity index (χ1n) is 4.01. The molecule has 0 aliphatic rings. The van der Waals surface area contributed by atoms with Gasteiger partial charge < -0.3 is 9.57 Å². The summed E-state index contributed by atoms with van der Waals surface area (Å²) in [6.45, 7) is 0.249. The second-order valence-corrected chi connectivity index (χ2v) is 2.63. The topological polar surface area (TPSA) is 27.5 Å². The Morgan fingerprint density at radius 2 is 2.31 bits per heavy atom. The fraction of sp³-hybridized carbons (Fsp3) is 0.222. The minimum absolute atomic E-state index is 0.249. The molecule has 0 radical (unpaired) electrons. The Bertz CT molecular complexity index is 397. The summed E-state index contributed by atoms with van der Waals surface area (Å²) >= 11 is 0. The molecule has 0 spiro atoms. The van der Waals surface area contributed by atoms with E-state index in [2.05, 4.69) is 0 Å². The lowest BCUT2D eigenvalue weighted by atomic mass is 10.5. The molecule has 13 heavy (non-hydrogen) atoms. The fourth-order valence-electron chi connectivity index (χ4n) is 1.19. The molecule has 2 heterocycles. The normalized spacial score (nSPS) is 10.5. The van der Waals surface area contributed by atoms with E-state index in [4.69, 9.17) is 9.57 Å². The Kier molecular flexibility index (Phi) is 2.14. The molecule has 0 atom stereocenters. The fourth-order valence-corrected chi connectivity index (χ4v) is 1.19. The number of nitrogens with zero attached hydrogens (tertiary/aromatic N) is 2. The first kappa shape index (κ1) is 8.07. The molecule has 0 aromatic carbocycles. The zero-order chi connectivity index (χ0) is 9.10. The van der Waals surface area contributed by atoms with E-state index in [9.17, 15) is 0 Å². The molecule has 0 unspecified atom stereocenters. The van der Waals surface area contributed by atoms with Crippen molar-refractivity contribution in [2.24, 2.45) is 0 Å². The van der Waals surface area contributed by atoms with Crippen LogP contribution in [0.4, 0.5) is 0 Å². The third kappa shape index (κ3) is 1.48. The van der Waals surface area contributed by atoms with Crippen LogP contribution in [0.1, 0.15) is 0 Å². The lowest BCUT2D eigenvalue weighted by Crippen LogP contribution is -2.21. The summed E-state index contributed by atoms with van der Waals surface area (Å²) in [5, 5.41) is 0. The molecular formula is C9H11N2O2+. The molecule has 2 aromatic rings. The third-order valence-electron chi connectivity index (χ3n) is 1.77. The first-order valence-corrected chi connectivity index (χ1v) is 4.01. The number of ether oxygens (including phenoxy) is 1. The first-order chi connectivity index (χ1) is 6.42.